The SMILES string of the molecule is COc1cc(CS(=O)(=O)Cc2cccc3c2CCOC3)ncc1C. The van der Waals surface area contributed by atoms with E-state index in [1.165, 1.54) is 0 Å². The van der Waals surface area contributed by atoms with E-state index >= 15 is 0 Å². The van der Waals surface area contributed by atoms with Gasteiger partial charge in [0.25, 0.3) is 0 Å². The molecule has 1 aliphatic rings. The summed E-state index contributed by atoms with van der Waals surface area (Å²) in [5.41, 5.74) is 4.46. The van der Waals surface area contributed by atoms with Crippen LogP contribution in [0, 0.1) is 6.92 Å². The molecule has 0 amide bonds. The van der Waals surface area contributed by atoms with Gasteiger partial charge in [-0.25, -0.2) is 8.42 Å². The van der Waals surface area contributed by atoms with Crippen molar-refractivity contribution < 1.29 is 17.9 Å². The third-order valence-corrected chi connectivity index (χ3v) is 5.68. The Labute approximate surface area is 142 Å². The van der Waals surface area contributed by atoms with Gasteiger partial charge in [0.2, 0.25) is 0 Å². The zero-order valence-corrected chi connectivity index (χ0v) is 14.7. The number of rotatable bonds is 5. The van der Waals surface area contributed by atoms with Gasteiger partial charge in [0.1, 0.15) is 5.75 Å². The highest BCUT2D eigenvalue weighted by atomic mass is 32.2. The van der Waals surface area contributed by atoms with Crippen molar-refractivity contribution in [1.29, 1.82) is 0 Å². The summed E-state index contributed by atoms with van der Waals surface area (Å²) in [6.45, 7) is 3.07. The number of aryl methyl sites for hydroxylation is 1. The van der Waals surface area contributed by atoms with Crippen LogP contribution in [-0.4, -0.2) is 27.1 Å². The number of benzene rings is 1. The summed E-state index contributed by atoms with van der Waals surface area (Å²) in [5.74, 6) is 0.585. The van der Waals surface area contributed by atoms with Crippen LogP contribution in [-0.2, 0) is 39.1 Å². The van der Waals surface area contributed by atoms with Crippen LogP contribution in [0.2, 0.25) is 0 Å². The Balaban J connectivity index is 1.82. The minimum atomic E-state index is -3.32. The van der Waals surface area contributed by atoms with Crippen molar-refractivity contribution in [3.05, 3.63) is 58.4 Å². The van der Waals surface area contributed by atoms with Crippen LogP contribution in [0.5, 0.6) is 5.75 Å². The van der Waals surface area contributed by atoms with Crippen molar-refractivity contribution >= 4 is 9.84 Å². The summed E-state index contributed by atoms with van der Waals surface area (Å²) < 4.78 is 35.9. The van der Waals surface area contributed by atoms with Crippen molar-refractivity contribution in [3.63, 3.8) is 0 Å². The molecule has 0 N–H and O–H groups in total. The lowest BCUT2D eigenvalue weighted by Crippen LogP contribution is -2.15. The quantitative estimate of drug-likeness (QED) is 0.832. The van der Waals surface area contributed by atoms with E-state index in [1.54, 1.807) is 19.4 Å². The Morgan fingerprint density at radius 2 is 2.12 bits per heavy atom. The second-order valence-corrected chi connectivity index (χ2v) is 8.10. The minimum Gasteiger partial charge on any atom is -0.496 e. The van der Waals surface area contributed by atoms with E-state index in [0.29, 0.717) is 24.7 Å². The summed E-state index contributed by atoms with van der Waals surface area (Å²) in [4.78, 5) is 4.22. The highest BCUT2D eigenvalue weighted by Gasteiger charge is 2.20. The summed E-state index contributed by atoms with van der Waals surface area (Å²) in [6, 6.07) is 7.48. The standard InChI is InChI=1S/C18H21NO4S/c1-13-9-19-16(8-18(13)22-2)12-24(20,21)11-15-5-3-4-14-10-23-7-6-17(14)15/h3-5,8-9H,6-7,10-12H2,1-2H3. The fraction of sp³-hybridized carbons (Fsp3) is 0.389. The molecule has 1 aliphatic heterocycles. The number of methoxy groups -OCH3 is 1. The number of pyridine rings is 1. The first-order valence-electron chi connectivity index (χ1n) is 7.86. The topological polar surface area (TPSA) is 65.5 Å². The molecule has 0 saturated carbocycles. The summed E-state index contributed by atoms with van der Waals surface area (Å²) in [6.07, 6.45) is 2.41. The normalized spacial score (nSPS) is 14.2. The average Bonchev–Trinajstić information content (AvgIpc) is 2.56. The van der Waals surface area contributed by atoms with Crippen LogP contribution >= 0.6 is 0 Å². The molecule has 3 rings (SSSR count). The Hall–Kier alpha value is -1.92. The summed E-state index contributed by atoms with van der Waals surface area (Å²) in [7, 11) is -1.75. The molecular weight excluding hydrogens is 326 g/mol. The van der Waals surface area contributed by atoms with E-state index in [0.717, 1.165) is 28.7 Å². The maximum atomic E-state index is 12.6. The van der Waals surface area contributed by atoms with E-state index in [9.17, 15) is 8.42 Å². The number of nitrogens with zero attached hydrogens (tertiary/aromatic N) is 1. The van der Waals surface area contributed by atoms with E-state index in [1.807, 2.05) is 25.1 Å². The Bertz CT molecular complexity index is 846. The Morgan fingerprint density at radius 3 is 2.92 bits per heavy atom. The van der Waals surface area contributed by atoms with Crippen molar-refractivity contribution in [2.24, 2.45) is 0 Å². The van der Waals surface area contributed by atoms with Crippen LogP contribution in [0.3, 0.4) is 0 Å². The molecule has 0 unspecified atom stereocenters. The lowest BCUT2D eigenvalue weighted by atomic mass is 9.98. The second-order valence-electron chi connectivity index (χ2n) is 6.03. The number of fused-ring (bicyclic) bond motifs is 1. The molecule has 6 heteroatoms. The first kappa shape index (κ1) is 16.9. The third kappa shape index (κ3) is 3.76. The van der Waals surface area contributed by atoms with Gasteiger partial charge in [-0.3, -0.25) is 4.98 Å². The molecule has 0 saturated heterocycles. The van der Waals surface area contributed by atoms with E-state index < -0.39 is 9.84 Å². The molecule has 0 aliphatic carbocycles. The van der Waals surface area contributed by atoms with E-state index in [4.69, 9.17) is 9.47 Å². The molecule has 0 spiro atoms. The lowest BCUT2D eigenvalue weighted by molar-refractivity contribution is 0.110. The molecule has 0 radical (unpaired) electrons. The monoisotopic (exact) mass is 347 g/mol. The Morgan fingerprint density at radius 1 is 1.29 bits per heavy atom. The van der Waals surface area contributed by atoms with Gasteiger partial charge in [-0.15, -0.1) is 0 Å². The summed E-state index contributed by atoms with van der Waals surface area (Å²) >= 11 is 0. The number of ether oxygens (including phenoxy) is 2. The average molecular weight is 347 g/mol. The van der Waals surface area contributed by atoms with Gasteiger partial charge >= 0.3 is 0 Å². The van der Waals surface area contributed by atoms with Gasteiger partial charge in [0.15, 0.2) is 9.84 Å². The largest absolute Gasteiger partial charge is 0.496 e. The minimum absolute atomic E-state index is 0.0219. The summed E-state index contributed by atoms with van der Waals surface area (Å²) in [5, 5.41) is 0. The maximum absolute atomic E-state index is 12.6. The van der Waals surface area contributed by atoms with Crippen LogP contribution in [0.1, 0.15) is 27.9 Å². The van der Waals surface area contributed by atoms with Gasteiger partial charge in [0, 0.05) is 17.8 Å². The van der Waals surface area contributed by atoms with Crippen LogP contribution < -0.4 is 4.74 Å². The van der Waals surface area contributed by atoms with Gasteiger partial charge in [0.05, 0.1) is 37.5 Å². The van der Waals surface area contributed by atoms with Crippen LogP contribution in [0.4, 0.5) is 0 Å². The molecule has 1 aromatic carbocycles. The van der Waals surface area contributed by atoms with Crippen molar-refractivity contribution in [2.75, 3.05) is 13.7 Å². The lowest BCUT2D eigenvalue weighted by Gasteiger charge is -2.19. The first-order valence-corrected chi connectivity index (χ1v) is 9.68. The van der Waals surface area contributed by atoms with E-state index in [2.05, 4.69) is 4.98 Å². The van der Waals surface area contributed by atoms with Gasteiger partial charge < -0.3 is 9.47 Å². The van der Waals surface area contributed by atoms with Crippen molar-refractivity contribution in [1.82, 2.24) is 4.98 Å². The van der Waals surface area contributed by atoms with Crippen molar-refractivity contribution in [3.8, 4) is 5.75 Å². The maximum Gasteiger partial charge on any atom is 0.160 e. The predicted molar refractivity (Wildman–Crippen MR) is 91.7 cm³/mol. The van der Waals surface area contributed by atoms with Gasteiger partial charge in [-0.05, 0) is 30.0 Å². The molecule has 0 fully saturated rings. The zero-order chi connectivity index (χ0) is 17.2. The molecule has 0 bridgehead atoms. The second kappa shape index (κ2) is 6.91. The van der Waals surface area contributed by atoms with Gasteiger partial charge in [-0.1, -0.05) is 18.2 Å². The molecule has 24 heavy (non-hydrogen) atoms. The number of hydrogen-bond acceptors (Lipinski definition) is 5. The Kier molecular flexibility index (Phi) is 4.87. The first-order chi connectivity index (χ1) is 11.5. The molecule has 1 aromatic heterocycles. The highest BCUT2D eigenvalue weighted by molar-refractivity contribution is 7.89. The fourth-order valence-electron chi connectivity index (χ4n) is 2.99. The number of aromatic nitrogens is 1. The molecular formula is C18H21NO4S. The smallest absolute Gasteiger partial charge is 0.160 e. The molecule has 2 aromatic rings. The molecule has 2 heterocycles. The van der Waals surface area contributed by atoms with Crippen molar-refractivity contribution in [2.45, 2.75) is 31.5 Å². The fourth-order valence-corrected chi connectivity index (χ4v) is 4.45. The van der Waals surface area contributed by atoms with Crippen LogP contribution in [0.25, 0.3) is 0 Å². The zero-order valence-electron chi connectivity index (χ0n) is 13.9. The number of sulfone groups is 1. The van der Waals surface area contributed by atoms with Crippen LogP contribution in [0.15, 0.2) is 30.5 Å². The highest BCUT2D eigenvalue weighted by Crippen LogP contribution is 2.24. The van der Waals surface area contributed by atoms with E-state index in [-0.39, 0.29) is 11.5 Å². The number of hydrogen-bond donors (Lipinski definition) is 0. The molecule has 0 atom stereocenters. The molecule has 128 valence electrons. The van der Waals surface area contributed by atoms with Gasteiger partial charge in [-0.2, -0.15) is 0 Å². The molecule has 5 nitrogen and oxygen atoms in total. The predicted octanol–water partition coefficient (Wildman–Crippen LogP) is 2.59. The third-order valence-electron chi connectivity index (χ3n) is 4.20.